The Kier molecular flexibility index (Phi) is 4.95. The Balaban J connectivity index is 1.94. The summed E-state index contributed by atoms with van der Waals surface area (Å²) in [4.78, 5) is 4.90. The van der Waals surface area contributed by atoms with E-state index in [-0.39, 0.29) is 0 Å². The Morgan fingerprint density at radius 2 is 2.21 bits per heavy atom. The van der Waals surface area contributed by atoms with E-state index in [0.717, 1.165) is 30.8 Å². The van der Waals surface area contributed by atoms with Gasteiger partial charge in [-0.15, -0.1) is 0 Å². The van der Waals surface area contributed by atoms with Crippen molar-refractivity contribution in [1.82, 2.24) is 9.80 Å². The van der Waals surface area contributed by atoms with Gasteiger partial charge in [0.05, 0.1) is 11.6 Å². The van der Waals surface area contributed by atoms with Gasteiger partial charge in [0.1, 0.15) is 0 Å². The standard InChI is InChI=1S/C16H23N3/c1-3-19-10-6-9-16(19)13-18(2)12-15-8-5-4-7-14(15)11-17/h4-5,7-8,16H,3,6,9-10,12-13H2,1-2H3. The summed E-state index contributed by atoms with van der Waals surface area (Å²) >= 11 is 0. The average molecular weight is 257 g/mol. The van der Waals surface area contributed by atoms with Crippen LogP contribution < -0.4 is 0 Å². The van der Waals surface area contributed by atoms with Gasteiger partial charge in [0.25, 0.3) is 0 Å². The third-order valence-corrected chi connectivity index (χ3v) is 4.01. The van der Waals surface area contributed by atoms with Crippen LogP contribution in [0.3, 0.4) is 0 Å². The Morgan fingerprint density at radius 3 is 2.95 bits per heavy atom. The average Bonchev–Trinajstić information content (AvgIpc) is 2.86. The highest BCUT2D eigenvalue weighted by Crippen LogP contribution is 2.18. The summed E-state index contributed by atoms with van der Waals surface area (Å²) in [5, 5.41) is 9.12. The molecule has 1 saturated heterocycles. The first-order valence-corrected chi connectivity index (χ1v) is 7.15. The summed E-state index contributed by atoms with van der Waals surface area (Å²) in [6, 6.07) is 10.9. The van der Waals surface area contributed by atoms with E-state index in [1.165, 1.54) is 19.4 Å². The normalized spacial score (nSPS) is 19.8. The molecule has 0 spiro atoms. The largest absolute Gasteiger partial charge is 0.301 e. The van der Waals surface area contributed by atoms with Gasteiger partial charge in [0.15, 0.2) is 0 Å². The number of benzene rings is 1. The van der Waals surface area contributed by atoms with Gasteiger partial charge in [0.2, 0.25) is 0 Å². The molecule has 1 heterocycles. The highest BCUT2D eigenvalue weighted by Gasteiger charge is 2.24. The van der Waals surface area contributed by atoms with Crippen molar-refractivity contribution in [2.75, 3.05) is 26.7 Å². The predicted octanol–water partition coefficient (Wildman–Crippen LogP) is 2.47. The number of nitrogens with zero attached hydrogens (tertiary/aromatic N) is 3. The van der Waals surface area contributed by atoms with Crippen molar-refractivity contribution in [2.45, 2.75) is 32.4 Å². The molecular formula is C16H23N3. The van der Waals surface area contributed by atoms with E-state index in [1.807, 2.05) is 18.2 Å². The second-order valence-electron chi connectivity index (χ2n) is 5.39. The maximum atomic E-state index is 9.12. The first-order chi connectivity index (χ1) is 9.24. The lowest BCUT2D eigenvalue weighted by Crippen LogP contribution is -2.38. The van der Waals surface area contributed by atoms with E-state index in [2.05, 4.69) is 35.9 Å². The van der Waals surface area contributed by atoms with E-state index < -0.39 is 0 Å². The summed E-state index contributed by atoms with van der Waals surface area (Å²) in [5.74, 6) is 0. The molecule has 0 amide bonds. The molecule has 0 aromatic heterocycles. The number of hydrogen-bond acceptors (Lipinski definition) is 3. The molecule has 102 valence electrons. The Hall–Kier alpha value is -1.37. The molecule has 0 N–H and O–H groups in total. The summed E-state index contributed by atoms with van der Waals surface area (Å²) in [7, 11) is 2.15. The lowest BCUT2D eigenvalue weighted by molar-refractivity contribution is 0.194. The Morgan fingerprint density at radius 1 is 1.42 bits per heavy atom. The third kappa shape index (κ3) is 3.56. The number of rotatable bonds is 5. The van der Waals surface area contributed by atoms with Crippen LogP contribution in [0.5, 0.6) is 0 Å². The molecule has 1 atom stereocenters. The molecule has 0 saturated carbocycles. The van der Waals surface area contributed by atoms with Gasteiger partial charge in [-0.05, 0) is 44.6 Å². The number of nitriles is 1. The van der Waals surface area contributed by atoms with Crippen LogP contribution in [0.15, 0.2) is 24.3 Å². The van der Waals surface area contributed by atoms with E-state index in [1.54, 1.807) is 0 Å². The van der Waals surface area contributed by atoms with E-state index in [0.29, 0.717) is 6.04 Å². The van der Waals surface area contributed by atoms with Crippen LogP contribution in [0.1, 0.15) is 30.9 Å². The highest BCUT2D eigenvalue weighted by molar-refractivity contribution is 5.37. The van der Waals surface area contributed by atoms with E-state index in [9.17, 15) is 0 Å². The summed E-state index contributed by atoms with van der Waals surface area (Å²) in [6.45, 7) is 6.58. The monoisotopic (exact) mass is 257 g/mol. The molecule has 0 aliphatic carbocycles. The van der Waals surface area contributed by atoms with Crippen molar-refractivity contribution in [1.29, 1.82) is 5.26 Å². The van der Waals surface area contributed by atoms with Crippen LogP contribution >= 0.6 is 0 Å². The summed E-state index contributed by atoms with van der Waals surface area (Å²) < 4.78 is 0. The van der Waals surface area contributed by atoms with Crippen LogP contribution in [0.4, 0.5) is 0 Å². The van der Waals surface area contributed by atoms with Crippen LogP contribution in [-0.4, -0.2) is 42.5 Å². The maximum absolute atomic E-state index is 9.12. The second-order valence-corrected chi connectivity index (χ2v) is 5.39. The molecule has 1 aliphatic rings. The molecule has 1 unspecified atom stereocenters. The van der Waals surface area contributed by atoms with Crippen molar-refractivity contribution in [3.05, 3.63) is 35.4 Å². The van der Waals surface area contributed by atoms with Crippen LogP contribution in [0, 0.1) is 11.3 Å². The predicted molar refractivity (Wildman–Crippen MR) is 77.8 cm³/mol. The van der Waals surface area contributed by atoms with Gasteiger partial charge in [0, 0.05) is 19.1 Å². The van der Waals surface area contributed by atoms with E-state index >= 15 is 0 Å². The molecule has 3 nitrogen and oxygen atoms in total. The SMILES string of the molecule is CCN1CCCC1CN(C)Cc1ccccc1C#N. The highest BCUT2D eigenvalue weighted by atomic mass is 15.2. The van der Waals surface area contributed by atoms with Gasteiger partial charge in [-0.1, -0.05) is 25.1 Å². The molecule has 1 aromatic rings. The number of hydrogen-bond donors (Lipinski definition) is 0. The van der Waals surface area contributed by atoms with Gasteiger partial charge < -0.3 is 4.90 Å². The van der Waals surface area contributed by atoms with Crippen LogP contribution in [0.25, 0.3) is 0 Å². The molecule has 1 aromatic carbocycles. The summed E-state index contributed by atoms with van der Waals surface area (Å²) in [6.07, 6.45) is 2.62. The van der Waals surface area contributed by atoms with Crippen molar-refractivity contribution < 1.29 is 0 Å². The van der Waals surface area contributed by atoms with Crippen molar-refractivity contribution in [3.63, 3.8) is 0 Å². The zero-order valence-corrected chi connectivity index (χ0v) is 12.0. The molecule has 3 heteroatoms. The first kappa shape index (κ1) is 14.0. The minimum atomic E-state index is 0.684. The zero-order chi connectivity index (χ0) is 13.7. The maximum Gasteiger partial charge on any atom is 0.0995 e. The first-order valence-electron chi connectivity index (χ1n) is 7.15. The number of likely N-dealkylation sites (tertiary alicyclic amines) is 1. The minimum absolute atomic E-state index is 0.684. The quantitative estimate of drug-likeness (QED) is 0.812. The van der Waals surface area contributed by atoms with Crippen molar-refractivity contribution >= 4 is 0 Å². The smallest absolute Gasteiger partial charge is 0.0995 e. The molecular weight excluding hydrogens is 234 g/mol. The summed E-state index contributed by atoms with van der Waals surface area (Å²) in [5.41, 5.74) is 1.93. The van der Waals surface area contributed by atoms with Gasteiger partial charge in [-0.3, -0.25) is 4.90 Å². The van der Waals surface area contributed by atoms with Crippen LogP contribution in [-0.2, 0) is 6.54 Å². The fourth-order valence-electron chi connectivity index (χ4n) is 3.00. The number of likely N-dealkylation sites (N-methyl/N-ethyl adjacent to an activating group) is 2. The fourth-order valence-corrected chi connectivity index (χ4v) is 3.00. The van der Waals surface area contributed by atoms with Crippen LogP contribution in [0.2, 0.25) is 0 Å². The third-order valence-electron chi connectivity index (χ3n) is 4.01. The molecule has 1 aliphatic heterocycles. The van der Waals surface area contributed by atoms with Crippen molar-refractivity contribution in [3.8, 4) is 6.07 Å². The van der Waals surface area contributed by atoms with E-state index in [4.69, 9.17) is 5.26 Å². The Bertz CT molecular complexity index is 450. The fraction of sp³-hybridized carbons (Fsp3) is 0.562. The second kappa shape index (κ2) is 6.70. The lowest BCUT2D eigenvalue weighted by atomic mass is 10.1. The molecule has 0 bridgehead atoms. The molecule has 19 heavy (non-hydrogen) atoms. The van der Waals surface area contributed by atoms with Crippen molar-refractivity contribution in [2.24, 2.45) is 0 Å². The molecule has 1 fully saturated rings. The molecule has 2 rings (SSSR count). The van der Waals surface area contributed by atoms with Gasteiger partial charge in [-0.25, -0.2) is 0 Å². The Labute approximate surface area is 116 Å². The lowest BCUT2D eigenvalue weighted by Gasteiger charge is -2.27. The topological polar surface area (TPSA) is 30.3 Å². The van der Waals surface area contributed by atoms with Gasteiger partial charge in [-0.2, -0.15) is 5.26 Å². The molecule has 0 radical (unpaired) electrons. The zero-order valence-electron chi connectivity index (χ0n) is 12.0. The minimum Gasteiger partial charge on any atom is -0.301 e. The van der Waals surface area contributed by atoms with Gasteiger partial charge >= 0.3 is 0 Å².